The lowest BCUT2D eigenvalue weighted by Gasteiger charge is -2.26. The fourth-order valence-electron chi connectivity index (χ4n) is 5.00. The highest BCUT2D eigenvalue weighted by Gasteiger charge is 2.24. The maximum atomic E-state index is 12.9. The number of unbranched alkanes of at least 4 members (excludes halogenated alkanes) is 11. The molecule has 0 bridgehead atoms. The number of nitrogens with one attached hydrogen (secondary N) is 3. The molecule has 36 heavy (non-hydrogen) atoms. The normalized spacial score (nSPS) is 15.2. The van der Waals surface area contributed by atoms with E-state index in [-0.39, 0.29) is 17.9 Å². The lowest BCUT2D eigenvalue weighted by Crippen LogP contribution is -2.51. The van der Waals surface area contributed by atoms with E-state index in [0.29, 0.717) is 12.8 Å². The number of aromatic amines is 1. The van der Waals surface area contributed by atoms with Crippen LogP contribution in [-0.4, -0.2) is 33.9 Å². The molecule has 0 radical (unpaired) electrons. The Morgan fingerprint density at radius 2 is 1.58 bits per heavy atom. The van der Waals surface area contributed by atoms with Crippen molar-refractivity contribution in [2.24, 2.45) is 0 Å². The zero-order chi connectivity index (χ0) is 25.7. The SMILES string of the molecule is CCCCCCCC/C=C\CCCCCCCC(=O)N[C@@H](Cc1cnc[nH]1)C(=O)NC1CCCCC1. The predicted octanol–water partition coefficient (Wildman–Crippen LogP) is 6.92. The molecule has 2 rings (SSSR count). The fourth-order valence-corrected chi connectivity index (χ4v) is 5.00. The van der Waals surface area contributed by atoms with Crippen molar-refractivity contribution in [1.29, 1.82) is 0 Å². The van der Waals surface area contributed by atoms with Crippen molar-refractivity contribution in [3.63, 3.8) is 0 Å². The third kappa shape index (κ3) is 14.4. The molecule has 2 amide bonds. The van der Waals surface area contributed by atoms with E-state index in [0.717, 1.165) is 50.6 Å². The van der Waals surface area contributed by atoms with Crippen LogP contribution >= 0.6 is 0 Å². The van der Waals surface area contributed by atoms with Gasteiger partial charge in [0.25, 0.3) is 0 Å². The molecular formula is C30H52N4O2. The van der Waals surface area contributed by atoms with E-state index in [4.69, 9.17) is 0 Å². The topological polar surface area (TPSA) is 86.9 Å². The lowest BCUT2D eigenvalue weighted by atomic mass is 9.95. The minimum Gasteiger partial charge on any atom is -0.352 e. The van der Waals surface area contributed by atoms with Crippen LogP contribution in [0.25, 0.3) is 0 Å². The molecule has 0 spiro atoms. The summed E-state index contributed by atoms with van der Waals surface area (Å²) in [5.41, 5.74) is 0.861. The first-order chi connectivity index (χ1) is 17.7. The molecule has 1 saturated carbocycles. The second-order valence-corrected chi connectivity index (χ2v) is 10.6. The molecule has 6 nitrogen and oxygen atoms in total. The van der Waals surface area contributed by atoms with Crippen molar-refractivity contribution in [3.8, 4) is 0 Å². The van der Waals surface area contributed by atoms with Crippen molar-refractivity contribution < 1.29 is 9.59 Å². The highest BCUT2D eigenvalue weighted by atomic mass is 16.2. The highest BCUT2D eigenvalue weighted by molar-refractivity contribution is 5.88. The van der Waals surface area contributed by atoms with Crippen molar-refractivity contribution >= 4 is 11.8 Å². The first-order valence-electron chi connectivity index (χ1n) is 14.9. The van der Waals surface area contributed by atoms with Crippen LogP contribution in [-0.2, 0) is 16.0 Å². The van der Waals surface area contributed by atoms with E-state index in [2.05, 4.69) is 39.7 Å². The van der Waals surface area contributed by atoms with Crippen LogP contribution in [0.15, 0.2) is 24.7 Å². The van der Waals surface area contributed by atoms with Gasteiger partial charge in [0, 0.05) is 30.8 Å². The first kappa shape index (κ1) is 30.1. The number of rotatable bonds is 20. The maximum Gasteiger partial charge on any atom is 0.243 e. The fraction of sp³-hybridized carbons (Fsp3) is 0.767. The molecule has 204 valence electrons. The predicted molar refractivity (Wildman–Crippen MR) is 149 cm³/mol. The smallest absolute Gasteiger partial charge is 0.243 e. The molecule has 1 aliphatic rings. The average Bonchev–Trinajstić information content (AvgIpc) is 3.40. The highest BCUT2D eigenvalue weighted by Crippen LogP contribution is 2.17. The number of H-pyrrole nitrogens is 1. The number of aromatic nitrogens is 2. The quantitative estimate of drug-likeness (QED) is 0.134. The van der Waals surface area contributed by atoms with E-state index in [1.54, 1.807) is 12.5 Å². The van der Waals surface area contributed by atoms with Crippen molar-refractivity contribution in [3.05, 3.63) is 30.4 Å². The number of amides is 2. The third-order valence-electron chi connectivity index (χ3n) is 7.25. The molecule has 0 saturated heterocycles. The summed E-state index contributed by atoms with van der Waals surface area (Å²) in [6.45, 7) is 2.26. The molecule has 3 N–H and O–H groups in total. The largest absolute Gasteiger partial charge is 0.352 e. The van der Waals surface area contributed by atoms with Crippen molar-refractivity contribution in [2.45, 2.75) is 147 Å². The summed E-state index contributed by atoms with van der Waals surface area (Å²) in [6.07, 6.45) is 30.7. The molecule has 0 unspecified atom stereocenters. The minimum absolute atomic E-state index is 0.0315. The van der Waals surface area contributed by atoms with Gasteiger partial charge in [0.1, 0.15) is 6.04 Å². The Bertz CT molecular complexity index is 711. The molecule has 6 heteroatoms. The molecule has 1 aliphatic carbocycles. The van der Waals surface area contributed by atoms with Crippen molar-refractivity contribution in [2.75, 3.05) is 0 Å². The minimum atomic E-state index is -0.553. The second-order valence-electron chi connectivity index (χ2n) is 10.6. The Balaban J connectivity index is 1.54. The van der Waals surface area contributed by atoms with Gasteiger partial charge in [-0.05, 0) is 44.9 Å². The van der Waals surface area contributed by atoms with Crippen LogP contribution in [0.2, 0.25) is 0 Å². The number of imidazole rings is 1. The van der Waals surface area contributed by atoms with Gasteiger partial charge in [-0.25, -0.2) is 4.98 Å². The van der Waals surface area contributed by atoms with Gasteiger partial charge in [0.2, 0.25) is 11.8 Å². The summed E-state index contributed by atoms with van der Waals surface area (Å²) in [6, 6.07) is -0.319. The summed E-state index contributed by atoms with van der Waals surface area (Å²) in [4.78, 5) is 32.6. The lowest BCUT2D eigenvalue weighted by molar-refractivity contribution is -0.129. The monoisotopic (exact) mass is 500 g/mol. The van der Waals surface area contributed by atoms with Gasteiger partial charge < -0.3 is 15.6 Å². The molecule has 0 aromatic carbocycles. The number of hydrogen-bond donors (Lipinski definition) is 3. The standard InChI is InChI=1S/C30H52N4O2/c1-2-3-4-5-6-7-8-9-10-11-12-13-14-15-19-22-29(35)34-28(23-27-24-31-25-32-27)30(36)33-26-20-17-16-18-21-26/h9-10,24-26,28H,2-8,11-23H2,1H3,(H,31,32)(H,33,36)(H,34,35)/b10-9-/t28-/m0/s1. The molecule has 0 aliphatic heterocycles. The number of hydrogen-bond acceptors (Lipinski definition) is 3. The Morgan fingerprint density at radius 1 is 0.944 bits per heavy atom. The Morgan fingerprint density at radius 3 is 2.22 bits per heavy atom. The Labute approximate surface area is 219 Å². The zero-order valence-electron chi connectivity index (χ0n) is 22.9. The van der Waals surface area contributed by atoms with Gasteiger partial charge in [-0.1, -0.05) is 89.7 Å². The maximum absolute atomic E-state index is 12.9. The van der Waals surface area contributed by atoms with Gasteiger partial charge in [-0.15, -0.1) is 0 Å². The number of carbonyl (C=O) groups excluding carboxylic acids is 2. The summed E-state index contributed by atoms with van der Waals surface area (Å²) in [7, 11) is 0. The van der Waals surface area contributed by atoms with Crippen LogP contribution in [0.1, 0.15) is 135 Å². The van der Waals surface area contributed by atoms with Gasteiger partial charge >= 0.3 is 0 Å². The summed E-state index contributed by atoms with van der Waals surface area (Å²) in [5.74, 6) is -0.106. The number of nitrogens with zero attached hydrogens (tertiary/aromatic N) is 1. The van der Waals surface area contributed by atoms with E-state index in [1.807, 2.05) is 0 Å². The Kier molecular flexibility index (Phi) is 16.7. The van der Waals surface area contributed by atoms with E-state index in [1.165, 1.54) is 70.6 Å². The van der Waals surface area contributed by atoms with Crippen LogP contribution in [0.5, 0.6) is 0 Å². The van der Waals surface area contributed by atoms with Crippen LogP contribution < -0.4 is 10.6 Å². The number of allylic oxidation sites excluding steroid dienone is 2. The zero-order valence-corrected chi connectivity index (χ0v) is 22.9. The molecular weight excluding hydrogens is 448 g/mol. The summed E-state index contributed by atoms with van der Waals surface area (Å²) < 4.78 is 0. The molecule has 1 atom stereocenters. The first-order valence-corrected chi connectivity index (χ1v) is 14.9. The van der Waals surface area contributed by atoms with Gasteiger partial charge in [-0.2, -0.15) is 0 Å². The molecule has 1 fully saturated rings. The van der Waals surface area contributed by atoms with Crippen LogP contribution in [0.4, 0.5) is 0 Å². The van der Waals surface area contributed by atoms with E-state index in [9.17, 15) is 9.59 Å². The van der Waals surface area contributed by atoms with E-state index < -0.39 is 6.04 Å². The Hall–Kier alpha value is -2.11. The summed E-state index contributed by atoms with van der Waals surface area (Å²) in [5, 5.41) is 6.15. The van der Waals surface area contributed by atoms with Gasteiger partial charge in [-0.3, -0.25) is 9.59 Å². The summed E-state index contributed by atoms with van der Waals surface area (Å²) >= 11 is 0. The van der Waals surface area contributed by atoms with Crippen molar-refractivity contribution in [1.82, 2.24) is 20.6 Å². The second kappa shape index (κ2) is 20.0. The van der Waals surface area contributed by atoms with Gasteiger partial charge in [0.05, 0.1) is 6.33 Å². The van der Waals surface area contributed by atoms with E-state index >= 15 is 0 Å². The molecule has 1 aromatic heterocycles. The van der Waals surface area contributed by atoms with Crippen LogP contribution in [0.3, 0.4) is 0 Å². The third-order valence-corrected chi connectivity index (χ3v) is 7.25. The molecule has 1 aromatic rings. The van der Waals surface area contributed by atoms with Crippen LogP contribution in [0, 0.1) is 0 Å². The molecule has 1 heterocycles. The van der Waals surface area contributed by atoms with Gasteiger partial charge in [0.15, 0.2) is 0 Å². The number of carbonyl (C=O) groups is 2. The average molecular weight is 501 g/mol.